The van der Waals surface area contributed by atoms with Gasteiger partial charge in [-0.1, -0.05) is 216 Å². The summed E-state index contributed by atoms with van der Waals surface area (Å²) in [6, 6.07) is 77.6. The zero-order valence-corrected chi connectivity index (χ0v) is 38.2. The molecule has 0 saturated heterocycles. The van der Waals surface area contributed by atoms with Gasteiger partial charge in [0.05, 0.1) is 11.4 Å². The van der Waals surface area contributed by atoms with Crippen LogP contribution >= 0.6 is 0 Å². The van der Waals surface area contributed by atoms with Crippen molar-refractivity contribution >= 4 is 27.8 Å². The lowest BCUT2D eigenvalue weighted by molar-refractivity contribution is 0.445. The Bertz CT molecular complexity index is 3160. The molecule has 9 aromatic carbocycles. The maximum atomic E-state index is 2.51. The summed E-state index contributed by atoms with van der Waals surface area (Å²) in [7, 11) is 0. The molecular formula is C64H57N. The average Bonchev–Trinajstić information content (AvgIpc) is 3.62. The first-order chi connectivity index (χ1) is 31.8. The predicted octanol–water partition coefficient (Wildman–Crippen LogP) is 18.0. The summed E-state index contributed by atoms with van der Waals surface area (Å²) < 4.78 is 0. The number of fused-ring (bicyclic) bond motifs is 4. The van der Waals surface area contributed by atoms with E-state index in [1.165, 1.54) is 121 Å². The number of nitrogens with zero attached hydrogens (tertiary/aromatic N) is 1. The maximum absolute atomic E-state index is 2.51. The van der Waals surface area contributed by atoms with Crippen LogP contribution in [0, 0.1) is 0 Å². The molecule has 1 atom stereocenters. The van der Waals surface area contributed by atoms with Crippen LogP contribution in [0.3, 0.4) is 0 Å². The van der Waals surface area contributed by atoms with Crippen LogP contribution in [0.15, 0.2) is 206 Å². The van der Waals surface area contributed by atoms with Crippen molar-refractivity contribution in [1.82, 2.24) is 0 Å². The van der Waals surface area contributed by atoms with Gasteiger partial charge in [-0.05, 0) is 133 Å². The van der Waals surface area contributed by atoms with E-state index >= 15 is 0 Å². The summed E-state index contributed by atoms with van der Waals surface area (Å²) in [5, 5.41) is 2.72. The fraction of sp³-hybridized carbons (Fsp3) is 0.188. The molecule has 2 aliphatic rings. The highest BCUT2D eigenvalue weighted by atomic mass is 15.1. The SMILES string of the molecule is CC(C)(C)c1ccc(-c2ccccc2N(c2ccc(-c3ccc4c(c3)C(C)(c3ccccc3)c3ccccc3-4)cc2)c2ccccc2-c2cccc3cccc(C4CCCCC4)c23)cc1. The van der Waals surface area contributed by atoms with E-state index < -0.39 is 0 Å². The van der Waals surface area contributed by atoms with Gasteiger partial charge in [0.1, 0.15) is 0 Å². The van der Waals surface area contributed by atoms with E-state index in [1.54, 1.807) is 0 Å². The Balaban J connectivity index is 1.07. The monoisotopic (exact) mass is 839 g/mol. The van der Waals surface area contributed by atoms with Crippen LogP contribution in [-0.2, 0) is 10.8 Å². The van der Waals surface area contributed by atoms with E-state index in [4.69, 9.17) is 0 Å². The lowest BCUT2D eigenvalue weighted by Gasteiger charge is -2.31. The Hall–Kier alpha value is -6.96. The molecule has 11 rings (SSSR count). The zero-order valence-electron chi connectivity index (χ0n) is 38.2. The van der Waals surface area contributed by atoms with Crippen molar-refractivity contribution < 1.29 is 0 Å². The number of hydrogen-bond donors (Lipinski definition) is 0. The molecule has 0 aliphatic heterocycles. The number of benzene rings is 9. The first-order valence-electron chi connectivity index (χ1n) is 23.8. The number of anilines is 3. The fourth-order valence-electron chi connectivity index (χ4n) is 11.3. The van der Waals surface area contributed by atoms with Gasteiger partial charge in [0.15, 0.2) is 0 Å². The van der Waals surface area contributed by atoms with Crippen molar-refractivity contribution in [2.24, 2.45) is 0 Å². The molecule has 0 N–H and O–H groups in total. The highest BCUT2D eigenvalue weighted by Crippen LogP contribution is 2.54. The lowest BCUT2D eigenvalue weighted by atomic mass is 9.74. The minimum absolute atomic E-state index is 0.0721. The van der Waals surface area contributed by atoms with Gasteiger partial charge in [-0.3, -0.25) is 0 Å². The van der Waals surface area contributed by atoms with Crippen molar-refractivity contribution in [3.63, 3.8) is 0 Å². The second-order valence-corrected chi connectivity index (χ2v) is 19.6. The molecule has 0 aromatic heterocycles. The van der Waals surface area contributed by atoms with E-state index in [-0.39, 0.29) is 10.8 Å². The number of para-hydroxylation sites is 2. The van der Waals surface area contributed by atoms with Crippen LogP contribution < -0.4 is 4.90 Å². The van der Waals surface area contributed by atoms with Gasteiger partial charge in [0.2, 0.25) is 0 Å². The van der Waals surface area contributed by atoms with Crippen molar-refractivity contribution in [3.8, 4) is 44.5 Å². The van der Waals surface area contributed by atoms with E-state index in [2.05, 4.69) is 239 Å². The van der Waals surface area contributed by atoms with Crippen molar-refractivity contribution in [1.29, 1.82) is 0 Å². The zero-order chi connectivity index (χ0) is 44.1. The number of rotatable bonds is 8. The molecule has 65 heavy (non-hydrogen) atoms. The van der Waals surface area contributed by atoms with Crippen LogP contribution in [0.2, 0.25) is 0 Å². The third-order valence-electron chi connectivity index (χ3n) is 14.7. The number of hydrogen-bond acceptors (Lipinski definition) is 1. The molecule has 0 heterocycles. The molecule has 2 aliphatic carbocycles. The second kappa shape index (κ2) is 16.5. The standard InChI is InChI=1S/C64H57N/c1-63(2,3)49-38-33-46(34-39-49)52-25-12-15-31-60(52)65(61-32-16-13-27-56(61)57-29-18-22-47-21-17-28-53(62(47)57)45-19-7-5-8-20-45)51-40-35-44(36-41-51)48-37-42-55-54-26-11-14-30-58(54)64(4,59(55)43-48)50-23-9-6-10-24-50/h6,9-18,21-43,45H,5,7-8,19-20H2,1-4H3. The summed E-state index contributed by atoms with van der Waals surface area (Å²) in [6.45, 7) is 9.26. The lowest BCUT2D eigenvalue weighted by Crippen LogP contribution is -2.22. The van der Waals surface area contributed by atoms with E-state index in [1.807, 2.05) is 0 Å². The maximum Gasteiger partial charge on any atom is 0.0540 e. The molecule has 1 heteroatoms. The third kappa shape index (κ3) is 7.19. The molecule has 1 unspecified atom stereocenters. The van der Waals surface area contributed by atoms with Gasteiger partial charge in [-0.25, -0.2) is 0 Å². The summed E-state index contributed by atoms with van der Waals surface area (Å²) in [5.41, 5.74) is 20.2. The van der Waals surface area contributed by atoms with Gasteiger partial charge in [-0.2, -0.15) is 0 Å². The summed E-state index contributed by atoms with van der Waals surface area (Å²) in [4.78, 5) is 2.51. The minimum Gasteiger partial charge on any atom is -0.309 e. The van der Waals surface area contributed by atoms with Crippen LogP contribution in [-0.4, -0.2) is 0 Å². The van der Waals surface area contributed by atoms with E-state index in [9.17, 15) is 0 Å². The summed E-state index contributed by atoms with van der Waals surface area (Å²) in [5.74, 6) is 0.583. The molecule has 9 aromatic rings. The predicted molar refractivity (Wildman–Crippen MR) is 277 cm³/mol. The van der Waals surface area contributed by atoms with Gasteiger partial charge in [0, 0.05) is 22.2 Å². The molecule has 1 saturated carbocycles. The molecule has 0 radical (unpaired) electrons. The van der Waals surface area contributed by atoms with Gasteiger partial charge >= 0.3 is 0 Å². The van der Waals surface area contributed by atoms with E-state index in [0.717, 1.165) is 11.4 Å². The second-order valence-electron chi connectivity index (χ2n) is 19.6. The van der Waals surface area contributed by atoms with Gasteiger partial charge in [-0.15, -0.1) is 0 Å². The van der Waals surface area contributed by atoms with Gasteiger partial charge < -0.3 is 4.90 Å². The highest BCUT2D eigenvalue weighted by molar-refractivity contribution is 6.04. The first-order valence-corrected chi connectivity index (χ1v) is 23.8. The van der Waals surface area contributed by atoms with Crippen molar-refractivity contribution in [3.05, 3.63) is 234 Å². The van der Waals surface area contributed by atoms with Crippen molar-refractivity contribution in [2.45, 2.75) is 76.5 Å². The molecule has 0 bridgehead atoms. The smallest absolute Gasteiger partial charge is 0.0540 e. The highest BCUT2D eigenvalue weighted by Gasteiger charge is 2.40. The Kier molecular flexibility index (Phi) is 10.4. The normalized spacial score (nSPS) is 16.0. The quantitative estimate of drug-likeness (QED) is 0.147. The van der Waals surface area contributed by atoms with Gasteiger partial charge in [0.25, 0.3) is 0 Å². The fourth-order valence-corrected chi connectivity index (χ4v) is 11.3. The molecule has 318 valence electrons. The van der Waals surface area contributed by atoms with Crippen LogP contribution in [0.4, 0.5) is 17.1 Å². The van der Waals surface area contributed by atoms with Crippen LogP contribution in [0.25, 0.3) is 55.3 Å². The van der Waals surface area contributed by atoms with Crippen LogP contribution in [0.1, 0.15) is 93.5 Å². The van der Waals surface area contributed by atoms with Crippen molar-refractivity contribution in [2.75, 3.05) is 4.90 Å². The molecule has 0 spiro atoms. The first kappa shape index (κ1) is 40.8. The largest absolute Gasteiger partial charge is 0.309 e. The Morgan fingerprint density at radius 1 is 0.446 bits per heavy atom. The third-order valence-corrected chi connectivity index (χ3v) is 14.7. The average molecular weight is 840 g/mol. The van der Waals surface area contributed by atoms with E-state index in [0.29, 0.717) is 5.92 Å². The Morgan fingerprint density at radius 2 is 1.02 bits per heavy atom. The minimum atomic E-state index is -0.253. The molecule has 1 fully saturated rings. The Morgan fingerprint density at radius 3 is 1.74 bits per heavy atom. The summed E-state index contributed by atoms with van der Waals surface area (Å²) >= 11 is 0. The molecular weight excluding hydrogens is 783 g/mol. The summed E-state index contributed by atoms with van der Waals surface area (Å²) in [6.07, 6.45) is 6.48. The van der Waals surface area contributed by atoms with Crippen LogP contribution in [0.5, 0.6) is 0 Å². The molecule has 0 amide bonds. The Labute approximate surface area is 386 Å². The topological polar surface area (TPSA) is 3.24 Å². The molecule has 1 nitrogen and oxygen atoms in total.